The fourth-order valence-electron chi connectivity index (χ4n) is 6.95. The van der Waals surface area contributed by atoms with Gasteiger partial charge in [0.05, 0.1) is 0 Å². The first kappa shape index (κ1) is 28.1. The van der Waals surface area contributed by atoms with E-state index in [1.54, 1.807) is 0 Å². The quantitative estimate of drug-likeness (QED) is 0.193. The van der Waals surface area contributed by atoms with Gasteiger partial charge in [-0.2, -0.15) is 0 Å². The lowest BCUT2D eigenvalue weighted by molar-refractivity contribution is 0.601. The van der Waals surface area contributed by atoms with Crippen LogP contribution in [0.5, 0.6) is 0 Å². The van der Waals surface area contributed by atoms with Crippen LogP contribution in [0.2, 0.25) is 0 Å². The number of nitrogens with zero attached hydrogens (tertiary/aromatic N) is 3. The number of rotatable bonds is 5. The summed E-state index contributed by atoms with van der Waals surface area (Å²) in [6.07, 6.45) is 7.60. The second-order valence-electron chi connectivity index (χ2n) is 12.7. The molecule has 6 aromatic carbocycles. The third kappa shape index (κ3) is 4.90. The Kier molecular flexibility index (Phi) is 6.61. The number of furan rings is 1. The molecule has 1 atom stereocenters. The van der Waals surface area contributed by atoms with E-state index in [0.29, 0.717) is 17.5 Å². The van der Waals surface area contributed by atoms with Crippen LogP contribution in [-0.4, -0.2) is 15.0 Å². The van der Waals surface area contributed by atoms with Crippen LogP contribution in [-0.2, 0) is 5.41 Å². The maximum absolute atomic E-state index is 6.17. The van der Waals surface area contributed by atoms with Gasteiger partial charge in [0.1, 0.15) is 11.2 Å². The van der Waals surface area contributed by atoms with Crippen molar-refractivity contribution in [2.45, 2.75) is 18.8 Å². The maximum Gasteiger partial charge on any atom is 0.164 e. The van der Waals surface area contributed by atoms with Gasteiger partial charge in [0.25, 0.3) is 0 Å². The number of benzene rings is 6. The molecule has 48 heavy (non-hydrogen) atoms. The van der Waals surface area contributed by atoms with Crippen molar-refractivity contribution in [3.8, 4) is 33.9 Å². The molecular formula is C44H31N3O. The van der Waals surface area contributed by atoms with E-state index in [1.165, 1.54) is 10.9 Å². The van der Waals surface area contributed by atoms with Crippen molar-refractivity contribution in [1.29, 1.82) is 0 Å². The number of hydrogen-bond donors (Lipinski definition) is 0. The van der Waals surface area contributed by atoms with Crippen molar-refractivity contribution < 1.29 is 4.42 Å². The molecule has 2 aromatic heterocycles. The van der Waals surface area contributed by atoms with Crippen molar-refractivity contribution in [2.75, 3.05) is 0 Å². The monoisotopic (exact) mass is 617 g/mol. The Morgan fingerprint density at radius 2 is 1.23 bits per heavy atom. The summed E-state index contributed by atoms with van der Waals surface area (Å²) in [6, 6.07) is 48.4. The van der Waals surface area contributed by atoms with Crippen LogP contribution in [0.1, 0.15) is 24.7 Å². The molecule has 0 saturated heterocycles. The zero-order chi connectivity index (χ0) is 32.1. The molecule has 4 nitrogen and oxygen atoms in total. The molecule has 1 aliphatic rings. The summed E-state index contributed by atoms with van der Waals surface area (Å²) in [5, 5.41) is 4.57. The minimum Gasteiger partial charge on any atom is -0.456 e. The van der Waals surface area contributed by atoms with Crippen LogP contribution in [0.4, 0.5) is 0 Å². The Bertz CT molecular complexity index is 2540. The molecular weight excluding hydrogens is 587 g/mol. The minimum atomic E-state index is -0.166. The lowest BCUT2D eigenvalue weighted by atomic mass is 9.75. The molecule has 8 aromatic rings. The number of allylic oxidation sites excluding steroid dienone is 4. The van der Waals surface area contributed by atoms with E-state index in [4.69, 9.17) is 19.4 Å². The van der Waals surface area contributed by atoms with Crippen LogP contribution >= 0.6 is 0 Å². The van der Waals surface area contributed by atoms with Gasteiger partial charge >= 0.3 is 0 Å². The fraction of sp³-hybridized carbons (Fsp3) is 0.0682. The fourth-order valence-corrected chi connectivity index (χ4v) is 6.95. The third-order valence-electron chi connectivity index (χ3n) is 9.50. The minimum absolute atomic E-state index is 0.166. The molecule has 0 saturated carbocycles. The van der Waals surface area contributed by atoms with Gasteiger partial charge in [0.2, 0.25) is 0 Å². The van der Waals surface area contributed by atoms with Crippen LogP contribution in [0, 0.1) is 0 Å². The summed E-state index contributed by atoms with van der Waals surface area (Å²) in [6.45, 7) is 2.28. The summed E-state index contributed by atoms with van der Waals surface area (Å²) < 4.78 is 6.17. The number of hydrogen-bond acceptors (Lipinski definition) is 4. The van der Waals surface area contributed by atoms with Crippen molar-refractivity contribution in [1.82, 2.24) is 15.0 Å². The smallest absolute Gasteiger partial charge is 0.164 e. The zero-order valence-electron chi connectivity index (χ0n) is 26.5. The molecule has 228 valence electrons. The number of fused-ring (bicyclic) bond motifs is 4. The highest BCUT2D eigenvalue weighted by atomic mass is 16.3. The molecule has 0 bridgehead atoms. The van der Waals surface area contributed by atoms with Gasteiger partial charge in [-0.05, 0) is 52.1 Å². The van der Waals surface area contributed by atoms with Gasteiger partial charge in [-0.25, -0.2) is 15.0 Å². The molecule has 2 heterocycles. The molecule has 0 N–H and O–H groups in total. The van der Waals surface area contributed by atoms with E-state index in [1.807, 2.05) is 18.2 Å². The summed E-state index contributed by atoms with van der Waals surface area (Å²) in [7, 11) is 0. The second kappa shape index (κ2) is 11.3. The Morgan fingerprint density at radius 1 is 0.562 bits per heavy atom. The van der Waals surface area contributed by atoms with E-state index in [9.17, 15) is 0 Å². The van der Waals surface area contributed by atoms with Crippen molar-refractivity contribution in [3.63, 3.8) is 0 Å². The van der Waals surface area contributed by atoms with E-state index in [-0.39, 0.29) is 5.41 Å². The topological polar surface area (TPSA) is 51.8 Å². The normalized spacial score (nSPS) is 16.1. The van der Waals surface area contributed by atoms with E-state index < -0.39 is 0 Å². The highest BCUT2D eigenvalue weighted by Gasteiger charge is 2.27. The van der Waals surface area contributed by atoms with Crippen molar-refractivity contribution in [2.24, 2.45) is 0 Å². The summed E-state index contributed by atoms with van der Waals surface area (Å²) in [4.78, 5) is 15.3. The van der Waals surface area contributed by atoms with E-state index in [0.717, 1.165) is 61.6 Å². The van der Waals surface area contributed by atoms with Crippen LogP contribution in [0.15, 0.2) is 162 Å². The van der Waals surface area contributed by atoms with Crippen LogP contribution in [0.3, 0.4) is 0 Å². The largest absolute Gasteiger partial charge is 0.456 e. The maximum atomic E-state index is 6.17. The summed E-state index contributed by atoms with van der Waals surface area (Å²) in [5.74, 6) is 1.96. The first-order valence-corrected chi connectivity index (χ1v) is 16.3. The Labute approximate surface area is 278 Å². The lowest BCUT2D eigenvalue weighted by Gasteiger charge is -2.29. The molecule has 0 spiro atoms. The standard InChI is InChI=1S/C44H31N3O/c1-44(35-14-3-2-4-15-35)26-10-13-34(28-44)43-46-41(45-42(47-43)33-25-20-29-11-5-6-12-32(29)27-33)31-23-21-30(22-24-31)36-17-9-19-39-40(36)37-16-7-8-18-38(37)48-39/h2-25,27-28H,26H2,1H3. The van der Waals surface area contributed by atoms with Gasteiger partial charge < -0.3 is 4.42 Å². The first-order valence-electron chi connectivity index (χ1n) is 16.3. The SMILES string of the molecule is CC1(c2ccccc2)C=C(c2nc(-c3ccc(-c4cccc5oc6ccccc6c45)cc3)nc(-c3ccc4ccccc4c3)n2)C=CC1. The number of para-hydroxylation sites is 1. The molecule has 4 heteroatoms. The van der Waals surface area contributed by atoms with Gasteiger partial charge in [-0.3, -0.25) is 0 Å². The summed E-state index contributed by atoms with van der Waals surface area (Å²) >= 11 is 0. The molecule has 0 fully saturated rings. The Morgan fingerprint density at radius 3 is 2.08 bits per heavy atom. The zero-order valence-corrected chi connectivity index (χ0v) is 26.5. The second-order valence-corrected chi connectivity index (χ2v) is 12.7. The van der Waals surface area contributed by atoms with E-state index >= 15 is 0 Å². The average Bonchev–Trinajstić information content (AvgIpc) is 3.54. The molecule has 1 aliphatic carbocycles. The molecule has 9 rings (SSSR count). The number of aromatic nitrogens is 3. The summed E-state index contributed by atoms with van der Waals surface area (Å²) in [5.41, 5.74) is 8.01. The average molecular weight is 618 g/mol. The van der Waals surface area contributed by atoms with Crippen LogP contribution < -0.4 is 0 Å². The molecule has 1 unspecified atom stereocenters. The highest BCUT2D eigenvalue weighted by molar-refractivity contribution is 6.12. The molecule has 0 aliphatic heterocycles. The van der Waals surface area contributed by atoms with Gasteiger partial charge in [0, 0.05) is 32.9 Å². The van der Waals surface area contributed by atoms with Gasteiger partial charge in [0.15, 0.2) is 17.5 Å². The van der Waals surface area contributed by atoms with Gasteiger partial charge in [-0.15, -0.1) is 0 Å². The predicted molar refractivity (Wildman–Crippen MR) is 196 cm³/mol. The van der Waals surface area contributed by atoms with E-state index in [2.05, 4.69) is 146 Å². The van der Waals surface area contributed by atoms with Crippen LogP contribution in [0.25, 0.3) is 72.2 Å². The van der Waals surface area contributed by atoms with Crippen molar-refractivity contribution in [3.05, 3.63) is 169 Å². The van der Waals surface area contributed by atoms with Gasteiger partial charge in [-0.1, -0.05) is 146 Å². The Balaban J connectivity index is 1.17. The van der Waals surface area contributed by atoms with Crippen molar-refractivity contribution >= 4 is 38.3 Å². The predicted octanol–water partition coefficient (Wildman–Crippen LogP) is 11.2. The highest BCUT2D eigenvalue weighted by Crippen LogP contribution is 2.39. The lowest BCUT2D eigenvalue weighted by Crippen LogP contribution is -2.21. The third-order valence-corrected chi connectivity index (χ3v) is 9.50. The molecule has 0 amide bonds. The molecule has 0 radical (unpaired) electrons. The first-order chi connectivity index (χ1) is 23.6. The Hall–Kier alpha value is -6.13.